The molecule has 2 aromatic carbocycles. The Bertz CT molecular complexity index is 1720. The first-order valence-corrected chi connectivity index (χ1v) is 17.8. The van der Waals surface area contributed by atoms with Crippen LogP contribution in [-0.2, 0) is 38.1 Å². The van der Waals surface area contributed by atoms with E-state index in [1.165, 1.54) is 63.6 Å². The Morgan fingerprint density at radius 2 is 1.34 bits per heavy atom. The number of esters is 2. The van der Waals surface area contributed by atoms with Gasteiger partial charge in [-0.1, -0.05) is 18.2 Å². The van der Waals surface area contributed by atoms with Crippen molar-refractivity contribution < 1.29 is 98.2 Å². The molecule has 2 saturated heterocycles. The van der Waals surface area contributed by atoms with Crippen molar-refractivity contribution in [3.8, 4) is 23.0 Å². The van der Waals surface area contributed by atoms with Gasteiger partial charge in [-0.15, -0.1) is 0 Å². The summed E-state index contributed by atoms with van der Waals surface area (Å²) < 4.78 is 43.7. The third kappa shape index (κ3) is 12.1. The summed E-state index contributed by atoms with van der Waals surface area (Å²) in [6, 6.07) is 8.88. The monoisotopic (exact) mass is 824 g/mol. The van der Waals surface area contributed by atoms with E-state index in [9.17, 15) is 60.3 Å². The van der Waals surface area contributed by atoms with Crippen LogP contribution in [0.2, 0.25) is 0 Å². The predicted molar refractivity (Wildman–Crippen MR) is 195 cm³/mol. The van der Waals surface area contributed by atoms with Gasteiger partial charge >= 0.3 is 17.9 Å². The van der Waals surface area contributed by atoms with E-state index in [0.717, 1.165) is 6.08 Å². The zero-order valence-electron chi connectivity index (χ0n) is 31.6. The van der Waals surface area contributed by atoms with Gasteiger partial charge in [0, 0.05) is 6.08 Å². The number of carbonyl (C=O) groups is 3. The summed E-state index contributed by atoms with van der Waals surface area (Å²) in [5.74, 6) is -3.02. The van der Waals surface area contributed by atoms with Crippen LogP contribution in [-0.4, -0.2) is 165 Å². The number of aliphatic hydroxyl groups excluding tert-OH is 7. The third-order valence-electron chi connectivity index (χ3n) is 9.02. The molecule has 2 aliphatic rings. The second kappa shape index (κ2) is 20.7. The number of carbonyl (C=O) groups excluding carboxylic acids is 2. The highest BCUT2D eigenvalue weighted by molar-refractivity contribution is 5.87. The zero-order chi connectivity index (χ0) is 42.7. The fraction of sp³-hybridized carbons (Fsp3) is 0.500. The Balaban J connectivity index is 1.36. The standard InChI is InChI=1S/C38H48O20/c1-38(15-26(41)42,58-37-34(50)32(48)30(46)25(56-37)18-54-27(43)11-8-19-6-9-21(40)10-7-19)16-28(44)53-12-4-5-20-13-22(51-2)35(23(14-20)52-3)57-36-33(49)31(47)29(45)24(17-39)55-36/h4-11,13-14,24-25,29-34,36-37,39-40,45-50H,12,15-18H2,1-3H3,(H,41,42)/t24-,25-,29+,30+,31-,32+,33+,34-,36+,37-,38+/m0/s1. The molecule has 0 aliphatic carbocycles. The van der Waals surface area contributed by atoms with Gasteiger partial charge in [-0.2, -0.15) is 0 Å². The van der Waals surface area contributed by atoms with Crippen LogP contribution in [0.4, 0.5) is 0 Å². The molecule has 2 fully saturated rings. The van der Waals surface area contributed by atoms with Crippen molar-refractivity contribution in [2.24, 2.45) is 0 Å². The molecule has 2 aromatic rings. The van der Waals surface area contributed by atoms with E-state index < -0.39 is 111 Å². The second-order valence-electron chi connectivity index (χ2n) is 13.5. The Kier molecular flexibility index (Phi) is 16.4. The normalized spacial score (nSPS) is 28.4. The molecule has 11 atom stereocenters. The van der Waals surface area contributed by atoms with Gasteiger partial charge in [0.1, 0.15) is 67.8 Å². The number of hydrogen-bond donors (Lipinski definition) is 9. The average Bonchev–Trinajstić information content (AvgIpc) is 3.18. The summed E-state index contributed by atoms with van der Waals surface area (Å²) in [6.07, 6.45) is -12.6. The SMILES string of the molecule is COc1cc(C=CCOC(=O)C[C@@](C)(CC(=O)O)O[C@@H]2O[C@@H](COC(=O)C=Cc3ccc(O)cc3)[C@@H](O)[C@@H](O)[C@@H]2O)cc(OC)c1O[C@H]1O[C@@H](CO)[C@@H](O)[C@H](O)[C@H]1O. The van der Waals surface area contributed by atoms with Crippen LogP contribution in [0.1, 0.15) is 30.9 Å². The molecule has 20 nitrogen and oxygen atoms in total. The number of hydrogen-bond acceptors (Lipinski definition) is 19. The van der Waals surface area contributed by atoms with Crippen molar-refractivity contribution in [1.82, 2.24) is 0 Å². The van der Waals surface area contributed by atoms with Crippen LogP contribution in [0.5, 0.6) is 23.0 Å². The number of aliphatic hydroxyl groups is 7. The topological polar surface area (TPSA) is 307 Å². The number of methoxy groups -OCH3 is 2. The molecule has 0 bridgehead atoms. The Morgan fingerprint density at radius 3 is 1.93 bits per heavy atom. The molecular formula is C38H48O20. The first kappa shape index (κ1) is 45.8. The number of phenolic OH excluding ortho intramolecular Hbond substituents is 1. The Morgan fingerprint density at radius 1 is 0.759 bits per heavy atom. The summed E-state index contributed by atoms with van der Waals surface area (Å²) in [7, 11) is 2.63. The maximum atomic E-state index is 12.9. The first-order chi connectivity index (χ1) is 27.5. The van der Waals surface area contributed by atoms with Crippen molar-refractivity contribution >= 4 is 30.1 Å². The van der Waals surface area contributed by atoms with Crippen molar-refractivity contribution in [2.45, 2.75) is 86.8 Å². The van der Waals surface area contributed by atoms with Gasteiger partial charge in [-0.3, -0.25) is 9.59 Å². The van der Waals surface area contributed by atoms with Gasteiger partial charge < -0.3 is 83.9 Å². The number of ether oxygens (including phenoxy) is 8. The van der Waals surface area contributed by atoms with Crippen molar-refractivity contribution in [3.63, 3.8) is 0 Å². The van der Waals surface area contributed by atoms with Crippen LogP contribution in [0.15, 0.2) is 48.6 Å². The third-order valence-corrected chi connectivity index (χ3v) is 9.02. The van der Waals surface area contributed by atoms with E-state index >= 15 is 0 Å². The highest BCUT2D eigenvalue weighted by atomic mass is 16.7. The van der Waals surface area contributed by atoms with Crippen molar-refractivity contribution in [1.29, 1.82) is 0 Å². The van der Waals surface area contributed by atoms with E-state index in [2.05, 4.69) is 0 Å². The fourth-order valence-electron chi connectivity index (χ4n) is 5.93. The smallest absolute Gasteiger partial charge is 0.330 e. The quantitative estimate of drug-likeness (QED) is 0.0633. The zero-order valence-corrected chi connectivity index (χ0v) is 31.6. The van der Waals surface area contributed by atoms with Crippen molar-refractivity contribution in [2.75, 3.05) is 34.0 Å². The molecule has 58 heavy (non-hydrogen) atoms. The first-order valence-electron chi connectivity index (χ1n) is 17.8. The van der Waals surface area contributed by atoms with Crippen molar-refractivity contribution in [3.05, 3.63) is 59.7 Å². The number of rotatable bonds is 18. The number of carboxylic acid groups (broad SMARTS) is 1. The van der Waals surface area contributed by atoms with E-state index in [1.807, 2.05) is 0 Å². The lowest BCUT2D eigenvalue weighted by molar-refractivity contribution is -0.325. The van der Waals surface area contributed by atoms with E-state index in [1.54, 1.807) is 12.1 Å². The van der Waals surface area contributed by atoms with Crippen LogP contribution >= 0.6 is 0 Å². The molecule has 2 heterocycles. The van der Waals surface area contributed by atoms with E-state index in [-0.39, 0.29) is 29.6 Å². The van der Waals surface area contributed by atoms with Gasteiger partial charge in [0.15, 0.2) is 17.8 Å². The maximum Gasteiger partial charge on any atom is 0.330 e. The molecule has 0 saturated carbocycles. The molecule has 2 aliphatic heterocycles. The van der Waals surface area contributed by atoms with Gasteiger partial charge in [0.05, 0.1) is 39.3 Å². The molecule has 9 N–H and O–H groups in total. The lowest BCUT2D eigenvalue weighted by Crippen LogP contribution is -2.61. The van der Waals surface area contributed by atoms with Crippen LogP contribution in [0, 0.1) is 0 Å². The van der Waals surface area contributed by atoms with Gasteiger partial charge in [0.2, 0.25) is 12.0 Å². The summed E-state index contributed by atoms with van der Waals surface area (Å²) >= 11 is 0. The molecule has 20 heteroatoms. The number of aromatic hydroxyl groups is 1. The minimum atomic E-state index is -1.91. The highest BCUT2D eigenvalue weighted by Gasteiger charge is 2.48. The summed E-state index contributed by atoms with van der Waals surface area (Å²) in [5.41, 5.74) is -0.867. The number of phenols is 1. The van der Waals surface area contributed by atoms with Gasteiger partial charge in [-0.05, 0) is 54.5 Å². The Labute approximate surface area is 331 Å². The van der Waals surface area contributed by atoms with Gasteiger partial charge in [-0.25, -0.2) is 4.79 Å². The number of carboxylic acids is 1. The summed E-state index contributed by atoms with van der Waals surface area (Å²) in [6.45, 7) is -0.366. The lowest BCUT2D eigenvalue weighted by atomic mass is 9.95. The lowest BCUT2D eigenvalue weighted by Gasteiger charge is -2.43. The number of benzene rings is 2. The van der Waals surface area contributed by atoms with E-state index in [0.29, 0.717) is 11.1 Å². The molecule has 320 valence electrons. The van der Waals surface area contributed by atoms with Crippen LogP contribution < -0.4 is 14.2 Å². The summed E-state index contributed by atoms with van der Waals surface area (Å²) in [5, 5.41) is 90.7. The molecule has 0 amide bonds. The molecule has 4 rings (SSSR count). The van der Waals surface area contributed by atoms with Gasteiger partial charge in [0.25, 0.3) is 0 Å². The molecule has 0 radical (unpaired) electrons. The molecule has 0 spiro atoms. The molecule has 0 unspecified atom stereocenters. The highest BCUT2D eigenvalue weighted by Crippen LogP contribution is 2.41. The number of aliphatic carboxylic acids is 1. The fourth-order valence-corrected chi connectivity index (χ4v) is 5.93. The molecular weight excluding hydrogens is 776 g/mol. The summed E-state index contributed by atoms with van der Waals surface area (Å²) in [4.78, 5) is 37.0. The predicted octanol–water partition coefficient (Wildman–Crippen LogP) is -1.15. The largest absolute Gasteiger partial charge is 0.508 e. The van der Waals surface area contributed by atoms with Crippen LogP contribution in [0.3, 0.4) is 0 Å². The van der Waals surface area contributed by atoms with E-state index in [4.69, 9.17) is 37.9 Å². The minimum Gasteiger partial charge on any atom is -0.508 e. The van der Waals surface area contributed by atoms with Crippen LogP contribution in [0.25, 0.3) is 12.2 Å². The second-order valence-corrected chi connectivity index (χ2v) is 13.5. The minimum absolute atomic E-state index is 0.0294. The maximum absolute atomic E-state index is 12.9. The average molecular weight is 825 g/mol. The Hall–Kier alpha value is -4.87. The molecule has 0 aromatic heterocycles.